The molecule has 1 aromatic carbocycles. The van der Waals surface area contributed by atoms with E-state index >= 15 is 0 Å². The number of rotatable bonds is 3. The Morgan fingerprint density at radius 1 is 0.793 bits per heavy atom. The fraction of sp³-hybridized carbons (Fsp3) is 0. The first-order valence-corrected chi connectivity index (χ1v) is 8.92. The second kappa shape index (κ2) is 8.71. The molecule has 7 heteroatoms. The van der Waals surface area contributed by atoms with Crippen molar-refractivity contribution >= 4 is 0 Å². The average molecular weight is 384 g/mol. The Morgan fingerprint density at radius 2 is 1.55 bits per heavy atom. The van der Waals surface area contributed by atoms with Crippen LogP contribution in [0.2, 0.25) is 0 Å². The number of benzene rings is 1. The number of hydrogen-bond donors (Lipinski definition) is 1. The fourth-order valence-corrected chi connectivity index (χ4v) is 2.67. The highest BCUT2D eigenvalue weighted by Crippen LogP contribution is 2.17. The van der Waals surface area contributed by atoms with E-state index in [1.54, 1.807) is 41.6 Å². The van der Waals surface area contributed by atoms with Gasteiger partial charge >= 0.3 is 0 Å². The average Bonchev–Trinajstić information content (AvgIpc) is 3.48. The van der Waals surface area contributed by atoms with Gasteiger partial charge in [-0.3, -0.25) is 15.1 Å². The van der Waals surface area contributed by atoms with E-state index in [1.165, 1.54) is 12.1 Å². The summed E-state index contributed by atoms with van der Waals surface area (Å²) in [6.07, 6.45) is 10.6. The molecule has 0 aliphatic rings. The largest absolute Gasteiger partial charge is 0.285 e. The van der Waals surface area contributed by atoms with Crippen molar-refractivity contribution in [2.45, 2.75) is 0 Å². The van der Waals surface area contributed by atoms with Crippen LogP contribution >= 0.6 is 0 Å². The maximum absolute atomic E-state index is 13.1. The Balaban J connectivity index is 0.000000159. The molecule has 1 N–H and O–H groups in total. The smallest absolute Gasteiger partial charge is 0.125 e. The third-order valence-corrected chi connectivity index (χ3v) is 4.07. The molecule has 0 bridgehead atoms. The molecule has 0 saturated heterocycles. The molecule has 4 aromatic heterocycles. The van der Waals surface area contributed by atoms with Gasteiger partial charge in [0.1, 0.15) is 5.82 Å². The van der Waals surface area contributed by atoms with Crippen molar-refractivity contribution in [2.75, 3.05) is 0 Å². The zero-order valence-corrected chi connectivity index (χ0v) is 15.4. The van der Waals surface area contributed by atoms with Crippen LogP contribution in [0.15, 0.2) is 97.8 Å². The zero-order valence-electron chi connectivity index (χ0n) is 15.4. The third-order valence-electron chi connectivity index (χ3n) is 4.07. The van der Waals surface area contributed by atoms with Crippen LogP contribution in [-0.2, 0) is 0 Å². The van der Waals surface area contributed by atoms with E-state index < -0.39 is 0 Å². The summed E-state index contributed by atoms with van der Waals surface area (Å²) in [5, 5.41) is 10.8. The standard InChI is InChI=1S/C14H10FN3.C8H7N3/c15-12-4-3-5-13(8-12)18-10-11(9-17-18)14-6-1-2-7-16-14;1-2-4-9-8(3-1)7-5-10-11-6-7/h1-10H;1-6H,(H,10,11). The second-order valence-corrected chi connectivity index (χ2v) is 6.07. The lowest BCUT2D eigenvalue weighted by Crippen LogP contribution is -1.94. The number of nitrogens with zero attached hydrogens (tertiary/aromatic N) is 5. The first kappa shape index (κ1) is 18.2. The molecule has 0 amide bonds. The molecule has 0 fully saturated rings. The summed E-state index contributed by atoms with van der Waals surface area (Å²) in [5.41, 5.74) is 4.41. The normalized spacial score (nSPS) is 10.2. The Kier molecular flexibility index (Phi) is 5.48. The molecule has 0 spiro atoms. The Labute approximate surface area is 166 Å². The molecule has 6 nitrogen and oxygen atoms in total. The molecule has 4 heterocycles. The number of nitrogens with one attached hydrogen (secondary N) is 1. The lowest BCUT2D eigenvalue weighted by Gasteiger charge is -2.00. The monoisotopic (exact) mass is 384 g/mol. The fourth-order valence-electron chi connectivity index (χ4n) is 2.67. The van der Waals surface area contributed by atoms with Crippen molar-refractivity contribution in [1.82, 2.24) is 29.9 Å². The van der Waals surface area contributed by atoms with E-state index in [-0.39, 0.29) is 5.82 Å². The molecule has 29 heavy (non-hydrogen) atoms. The highest BCUT2D eigenvalue weighted by Gasteiger charge is 2.04. The number of pyridine rings is 2. The summed E-state index contributed by atoms with van der Waals surface area (Å²) in [6, 6.07) is 17.8. The highest BCUT2D eigenvalue weighted by atomic mass is 19.1. The van der Waals surface area contributed by atoms with Crippen molar-refractivity contribution in [2.24, 2.45) is 0 Å². The van der Waals surface area contributed by atoms with Crippen LogP contribution < -0.4 is 0 Å². The van der Waals surface area contributed by atoms with Crippen molar-refractivity contribution < 1.29 is 4.39 Å². The van der Waals surface area contributed by atoms with Crippen molar-refractivity contribution in [3.05, 3.63) is 104 Å². The van der Waals surface area contributed by atoms with Crippen molar-refractivity contribution in [3.63, 3.8) is 0 Å². The van der Waals surface area contributed by atoms with Crippen molar-refractivity contribution in [3.8, 4) is 28.2 Å². The first-order chi connectivity index (χ1) is 14.3. The van der Waals surface area contributed by atoms with Gasteiger partial charge in [-0.1, -0.05) is 18.2 Å². The van der Waals surface area contributed by atoms with Gasteiger partial charge in [0.15, 0.2) is 0 Å². The zero-order chi connectivity index (χ0) is 19.9. The van der Waals surface area contributed by atoms with E-state index in [0.717, 1.165) is 22.5 Å². The Hall–Kier alpha value is -4.13. The molecular weight excluding hydrogens is 367 g/mol. The molecule has 142 valence electrons. The minimum Gasteiger partial charge on any atom is -0.285 e. The van der Waals surface area contributed by atoms with Crippen LogP contribution in [0.1, 0.15) is 0 Å². The summed E-state index contributed by atoms with van der Waals surface area (Å²) in [7, 11) is 0. The van der Waals surface area contributed by atoms with Crippen LogP contribution in [0.25, 0.3) is 28.2 Å². The molecule has 5 rings (SSSR count). The molecular formula is C22H17FN6. The minimum atomic E-state index is -0.276. The number of hydrogen-bond acceptors (Lipinski definition) is 4. The first-order valence-electron chi connectivity index (χ1n) is 8.92. The van der Waals surface area contributed by atoms with Gasteiger partial charge in [-0.2, -0.15) is 10.2 Å². The van der Waals surface area contributed by atoms with Crippen LogP contribution in [0.5, 0.6) is 0 Å². The quantitative estimate of drug-likeness (QED) is 0.495. The number of halogens is 1. The van der Waals surface area contributed by atoms with Crippen LogP contribution in [0.4, 0.5) is 4.39 Å². The van der Waals surface area contributed by atoms with Gasteiger partial charge in [0.25, 0.3) is 0 Å². The number of aromatic amines is 1. The van der Waals surface area contributed by atoms with Crippen LogP contribution in [0, 0.1) is 5.82 Å². The van der Waals surface area contributed by atoms with Crippen LogP contribution in [0.3, 0.4) is 0 Å². The molecule has 0 radical (unpaired) electrons. The van der Waals surface area contributed by atoms with Crippen LogP contribution in [-0.4, -0.2) is 29.9 Å². The van der Waals surface area contributed by atoms with Gasteiger partial charge in [0, 0.05) is 35.9 Å². The maximum atomic E-state index is 13.1. The lowest BCUT2D eigenvalue weighted by molar-refractivity contribution is 0.625. The summed E-state index contributed by atoms with van der Waals surface area (Å²) in [6.45, 7) is 0. The molecule has 5 aromatic rings. The SMILES string of the molecule is Fc1cccc(-n2cc(-c3ccccn3)cn2)c1.c1ccc(-c2cn[nH]c2)nc1. The number of H-pyrrole nitrogens is 1. The van der Waals surface area contributed by atoms with Gasteiger partial charge in [0.05, 0.1) is 29.5 Å². The molecule has 0 saturated carbocycles. The van der Waals surface area contributed by atoms with Gasteiger partial charge in [-0.05, 0) is 42.5 Å². The van der Waals surface area contributed by atoms with E-state index in [2.05, 4.69) is 25.3 Å². The second-order valence-electron chi connectivity index (χ2n) is 6.07. The van der Waals surface area contributed by atoms with Gasteiger partial charge < -0.3 is 0 Å². The summed E-state index contributed by atoms with van der Waals surface area (Å²) < 4.78 is 14.8. The Bertz CT molecular complexity index is 1150. The van der Waals surface area contributed by atoms with Gasteiger partial charge in [0.2, 0.25) is 0 Å². The predicted molar refractivity (Wildman–Crippen MR) is 109 cm³/mol. The predicted octanol–water partition coefficient (Wildman–Crippen LogP) is 4.55. The van der Waals surface area contributed by atoms with Gasteiger partial charge in [-0.25, -0.2) is 9.07 Å². The summed E-state index contributed by atoms with van der Waals surface area (Å²) >= 11 is 0. The molecule has 0 aliphatic carbocycles. The lowest BCUT2D eigenvalue weighted by atomic mass is 10.2. The van der Waals surface area contributed by atoms with Gasteiger partial charge in [-0.15, -0.1) is 0 Å². The molecule has 0 aliphatic heterocycles. The minimum absolute atomic E-state index is 0.276. The van der Waals surface area contributed by atoms with E-state index in [0.29, 0.717) is 5.69 Å². The van der Waals surface area contributed by atoms with Crippen molar-refractivity contribution in [1.29, 1.82) is 0 Å². The maximum Gasteiger partial charge on any atom is 0.125 e. The van der Waals surface area contributed by atoms with E-state index in [9.17, 15) is 4.39 Å². The molecule has 0 atom stereocenters. The van der Waals surface area contributed by atoms with E-state index in [4.69, 9.17) is 0 Å². The van der Waals surface area contributed by atoms with E-state index in [1.807, 2.05) is 48.8 Å². The molecule has 0 unspecified atom stereocenters. The summed E-state index contributed by atoms with van der Waals surface area (Å²) in [5.74, 6) is -0.276. The highest BCUT2D eigenvalue weighted by molar-refractivity contribution is 5.57. The number of aromatic nitrogens is 6. The summed E-state index contributed by atoms with van der Waals surface area (Å²) in [4.78, 5) is 8.41. The topological polar surface area (TPSA) is 72.3 Å². The third kappa shape index (κ3) is 4.59. The Morgan fingerprint density at radius 3 is 2.17 bits per heavy atom.